The van der Waals surface area contributed by atoms with Gasteiger partial charge in [0.1, 0.15) is 6.61 Å². The molecule has 0 heterocycles. The van der Waals surface area contributed by atoms with E-state index in [0.717, 1.165) is 5.56 Å². The van der Waals surface area contributed by atoms with Crippen LogP contribution < -0.4 is 19.9 Å². The number of ether oxygens (including phenoxy) is 2. The number of sulfonamides is 1. The minimum absolute atomic E-state index is 0.0260. The second-order valence-electron chi connectivity index (χ2n) is 5.40. The first-order valence-corrected chi connectivity index (χ1v) is 9.42. The smallest absolute Gasteiger partial charge is 0.248 e. The van der Waals surface area contributed by atoms with E-state index in [9.17, 15) is 13.2 Å². The fourth-order valence-electron chi connectivity index (χ4n) is 2.14. The monoisotopic (exact) mass is 388 g/mol. The fourth-order valence-corrected chi connectivity index (χ4v) is 2.66. The quantitative estimate of drug-likeness (QED) is 0.534. The van der Waals surface area contributed by atoms with Crippen molar-refractivity contribution in [2.45, 2.75) is 4.90 Å². The van der Waals surface area contributed by atoms with Crippen LogP contribution in [0.15, 0.2) is 66.1 Å². The van der Waals surface area contributed by atoms with Crippen LogP contribution in [-0.4, -0.2) is 28.0 Å². The van der Waals surface area contributed by atoms with Gasteiger partial charge in [0, 0.05) is 11.8 Å². The van der Waals surface area contributed by atoms with Gasteiger partial charge in [-0.05, 0) is 48.0 Å². The van der Waals surface area contributed by atoms with E-state index in [1.165, 1.54) is 37.5 Å². The first kappa shape index (κ1) is 20.2. The van der Waals surface area contributed by atoms with Gasteiger partial charge in [-0.25, -0.2) is 13.6 Å². The Hall–Kier alpha value is -3.10. The van der Waals surface area contributed by atoms with Crippen LogP contribution in [0.25, 0.3) is 6.08 Å². The molecule has 0 atom stereocenters. The molecular weight excluding hydrogens is 368 g/mol. The first-order chi connectivity index (χ1) is 12.8. The topological polar surface area (TPSA) is 108 Å². The molecule has 0 aliphatic heterocycles. The van der Waals surface area contributed by atoms with Crippen LogP contribution in [0.4, 0.5) is 5.69 Å². The molecular formula is C19H20N2O5S. The highest BCUT2D eigenvalue weighted by Gasteiger charge is 2.07. The van der Waals surface area contributed by atoms with E-state index in [4.69, 9.17) is 14.6 Å². The van der Waals surface area contributed by atoms with Crippen molar-refractivity contribution in [2.75, 3.05) is 19.0 Å². The molecule has 2 rings (SSSR count). The zero-order chi connectivity index (χ0) is 19.9. The average molecular weight is 388 g/mol. The maximum atomic E-state index is 12.0. The number of rotatable bonds is 8. The van der Waals surface area contributed by atoms with Crippen LogP contribution in [0.3, 0.4) is 0 Å². The molecule has 0 aliphatic rings. The predicted molar refractivity (Wildman–Crippen MR) is 104 cm³/mol. The molecule has 7 nitrogen and oxygen atoms in total. The van der Waals surface area contributed by atoms with Gasteiger partial charge in [0.05, 0.1) is 12.0 Å². The average Bonchev–Trinajstić information content (AvgIpc) is 2.64. The van der Waals surface area contributed by atoms with Gasteiger partial charge in [-0.1, -0.05) is 18.7 Å². The van der Waals surface area contributed by atoms with Gasteiger partial charge in [0.2, 0.25) is 15.9 Å². The molecule has 0 unspecified atom stereocenters. The number of hydrogen-bond donors (Lipinski definition) is 2. The van der Waals surface area contributed by atoms with Crippen LogP contribution in [0, 0.1) is 0 Å². The van der Waals surface area contributed by atoms with Crippen molar-refractivity contribution in [1.82, 2.24) is 0 Å². The highest BCUT2D eigenvalue weighted by atomic mass is 32.2. The molecule has 1 amide bonds. The highest BCUT2D eigenvalue weighted by molar-refractivity contribution is 7.89. The lowest BCUT2D eigenvalue weighted by Crippen LogP contribution is -2.12. The Balaban J connectivity index is 2.04. The van der Waals surface area contributed by atoms with E-state index in [0.29, 0.717) is 23.8 Å². The van der Waals surface area contributed by atoms with Gasteiger partial charge in [-0.2, -0.15) is 0 Å². The Morgan fingerprint density at radius 1 is 1.19 bits per heavy atom. The summed E-state index contributed by atoms with van der Waals surface area (Å²) in [6.45, 7) is 3.95. The molecule has 27 heavy (non-hydrogen) atoms. The van der Waals surface area contributed by atoms with Gasteiger partial charge in [-0.15, -0.1) is 0 Å². The fraction of sp³-hybridized carbons (Fsp3) is 0.105. The molecule has 8 heteroatoms. The second kappa shape index (κ2) is 9.02. The van der Waals surface area contributed by atoms with Crippen LogP contribution in [-0.2, 0) is 14.8 Å². The molecule has 0 saturated carbocycles. The molecule has 0 aliphatic carbocycles. The summed E-state index contributed by atoms with van der Waals surface area (Å²) in [4.78, 5) is 12.0. The lowest BCUT2D eigenvalue weighted by molar-refractivity contribution is -0.111. The Bertz CT molecular complexity index is 951. The Kier molecular flexibility index (Phi) is 6.75. The number of nitrogens with one attached hydrogen (secondary N) is 1. The number of carbonyl (C=O) groups is 1. The van der Waals surface area contributed by atoms with E-state index in [2.05, 4.69) is 11.9 Å². The molecule has 0 bridgehead atoms. The number of nitrogens with two attached hydrogens (primary N) is 1. The zero-order valence-corrected chi connectivity index (χ0v) is 15.5. The van der Waals surface area contributed by atoms with Crippen LogP contribution in [0.5, 0.6) is 11.5 Å². The minimum atomic E-state index is -3.76. The van der Waals surface area contributed by atoms with Crippen LogP contribution in [0.2, 0.25) is 0 Å². The summed E-state index contributed by atoms with van der Waals surface area (Å²) >= 11 is 0. The van der Waals surface area contributed by atoms with Gasteiger partial charge in [0.25, 0.3) is 0 Å². The van der Waals surface area contributed by atoms with Crippen molar-refractivity contribution in [3.8, 4) is 11.5 Å². The molecule has 142 valence electrons. The van der Waals surface area contributed by atoms with E-state index in [1.54, 1.807) is 30.4 Å². The first-order valence-electron chi connectivity index (χ1n) is 7.87. The number of carbonyl (C=O) groups excluding carboxylic acids is 1. The Morgan fingerprint density at radius 3 is 2.48 bits per heavy atom. The SMILES string of the molecule is C=CCOc1ccc(/C=C/C(=O)Nc2ccc(S(N)(=O)=O)cc2)cc1OC. The summed E-state index contributed by atoms with van der Waals surface area (Å²) in [6, 6.07) is 10.8. The van der Waals surface area contributed by atoms with E-state index in [1.807, 2.05) is 0 Å². The number of methoxy groups -OCH3 is 1. The summed E-state index contributed by atoms with van der Waals surface area (Å²) < 4.78 is 33.2. The van der Waals surface area contributed by atoms with Crippen molar-refractivity contribution in [3.05, 3.63) is 66.8 Å². The van der Waals surface area contributed by atoms with E-state index < -0.39 is 10.0 Å². The molecule has 0 fully saturated rings. The zero-order valence-electron chi connectivity index (χ0n) is 14.7. The van der Waals surface area contributed by atoms with E-state index >= 15 is 0 Å². The number of benzene rings is 2. The largest absolute Gasteiger partial charge is 0.493 e. The summed E-state index contributed by atoms with van der Waals surface area (Å²) in [5, 5.41) is 7.66. The Morgan fingerprint density at radius 2 is 1.89 bits per heavy atom. The molecule has 2 aromatic rings. The molecule has 0 radical (unpaired) electrons. The van der Waals surface area contributed by atoms with Crippen molar-refractivity contribution >= 4 is 27.7 Å². The standard InChI is InChI=1S/C19H20N2O5S/c1-3-12-26-17-10-4-14(13-18(17)25-2)5-11-19(22)21-15-6-8-16(9-7-15)27(20,23)24/h3-11,13H,1,12H2,2H3,(H,21,22)(H2,20,23,24)/b11-5+. The van der Waals surface area contributed by atoms with Crippen molar-refractivity contribution < 1.29 is 22.7 Å². The second-order valence-corrected chi connectivity index (χ2v) is 6.96. The van der Waals surface area contributed by atoms with Crippen LogP contribution >= 0.6 is 0 Å². The molecule has 0 spiro atoms. The van der Waals surface area contributed by atoms with Crippen LogP contribution in [0.1, 0.15) is 5.56 Å². The van der Waals surface area contributed by atoms with Gasteiger partial charge in [0.15, 0.2) is 11.5 Å². The molecule has 0 saturated heterocycles. The van der Waals surface area contributed by atoms with Gasteiger partial charge in [-0.3, -0.25) is 4.79 Å². The maximum Gasteiger partial charge on any atom is 0.248 e. The van der Waals surface area contributed by atoms with Gasteiger partial charge >= 0.3 is 0 Å². The molecule has 3 N–H and O–H groups in total. The molecule has 0 aromatic heterocycles. The lowest BCUT2D eigenvalue weighted by atomic mass is 10.2. The third-order valence-electron chi connectivity index (χ3n) is 3.42. The minimum Gasteiger partial charge on any atom is -0.493 e. The summed E-state index contributed by atoms with van der Waals surface area (Å²) in [5.74, 6) is 0.747. The number of anilines is 1. The number of amides is 1. The predicted octanol–water partition coefficient (Wildman–Crippen LogP) is 2.56. The van der Waals surface area contributed by atoms with Crippen molar-refractivity contribution in [3.63, 3.8) is 0 Å². The lowest BCUT2D eigenvalue weighted by Gasteiger charge is -2.09. The van der Waals surface area contributed by atoms with Crippen molar-refractivity contribution in [1.29, 1.82) is 0 Å². The van der Waals surface area contributed by atoms with E-state index in [-0.39, 0.29) is 10.8 Å². The third kappa shape index (κ3) is 5.98. The molecule has 2 aromatic carbocycles. The maximum absolute atomic E-state index is 12.0. The Labute approximate surface area is 158 Å². The highest BCUT2D eigenvalue weighted by Crippen LogP contribution is 2.28. The summed E-state index contributed by atoms with van der Waals surface area (Å²) in [7, 11) is -2.24. The number of hydrogen-bond acceptors (Lipinski definition) is 5. The third-order valence-corrected chi connectivity index (χ3v) is 4.35. The summed E-state index contributed by atoms with van der Waals surface area (Å²) in [5.41, 5.74) is 1.19. The van der Waals surface area contributed by atoms with Gasteiger partial charge < -0.3 is 14.8 Å². The summed E-state index contributed by atoms with van der Waals surface area (Å²) in [6.07, 6.45) is 4.60. The number of primary sulfonamides is 1. The normalized spacial score (nSPS) is 11.2. The van der Waals surface area contributed by atoms with Crippen molar-refractivity contribution in [2.24, 2.45) is 5.14 Å².